The summed E-state index contributed by atoms with van der Waals surface area (Å²) in [5.74, 6) is -4.52. The highest BCUT2D eigenvalue weighted by molar-refractivity contribution is 9.11. The predicted octanol–water partition coefficient (Wildman–Crippen LogP) is 10.8. The first-order valence-corrected chi connectivity index (χ1v) is 16.4. The van der Waals surface area contributed by atoms with Gasteiger partial charge in [-0.15, -0.1) is 0 Å². The Bertz CT molecular complexity index is 1630. The molecule has 0 heterocycles. The molecule has 46 heavy (non-hydrogen) atoms. The van der Waals surface area contributed by atoms with E-state index in [0.717, 1.165) is 0 Å². The lowest BCUT2D eigenvalue weighted by molar-refractivity contribution is -0.147. The van der Waals surface area contributed by atoms with Crippen LogP contribution in [0, 0.1) is 0 Å². The van der Waals surface area contributed by atoms with E-state index >= 15 is 0 Å². The Hall–Kier alpha value is -3.44. The summed E-state index contributed by atoms with van der Waals surface area (Å²) in [5, 5.41) is 40.9. The molecule has 0 aromatic heterocycles. The summed E-state index contributed by atoms with van der Waals surface area (Å²) in [6.45, 7) is 7.69. The number of benzene rings is 4. The number of phenols is 2. The zero-order valence-corrected chi connectivity index (χ0v) is 29.7. The van der Waals surface area contributed by atoms with Crippen molar-refractivity contribution in [1.82, 2.24) is 0 Å². The molecule has 0 fully saturated rings. The van der Waals surface area contributed by atoms with E-state index in [9.17, 15) is 30.0 Å². The average molecular weight is 797 g/mol. The van der Waals surface area contributed by atoms with Crippen LogP contribution in [-0.2, 0) is 9.59 Å². The van der Waals surface area contributed by atoms with Crippen molar-refractivity contribution in [2.45, 2.75) is 51.4 Å². The van der Waals surface area contributed by atoms with Crippen LogP contribution in [0.5, 0.6) is 34.5 Å². The summed E-state index contributed by atoms with van der Waals surface area (Å²) in [6.07, 6.45) is 0. The number of carbonyl (C=O) groups is 2. The third-order valence-corrected chi connectivity index (χ3v) is 9.05. The van der Waals surface area contributed by atoms with E-state index in [2.05, 4.69) is 31.9 Å². The Morgan fingerprint density at radius 3 is 1.37 bits per heavy atom. The van der Waals surface area contributed by atoms with Gasteiger partial charge in [0, 0.05) is 11.1 Å². The van der Waals surface area contributed by atoms with Gasteiger partial charge in [-0.1, -0.05) is 50.9 Å². The van der Waals surface area contributed by atoms with Crippen molar-refractivity contribution in [3.05, 3.63) is 102 Å². The van der Waals surface area contributed by atoms with Crippen LogP contribution in [0.25, 0.3) is 0 Å². The van der Waals surface area contributed by atoms with Crippen LogP contribution >= 0.6 is 55.1 Å². The van der Waals surface area contributed by atoms with Crippen molar-refractivity contribution in [3.8, 4) is 34.5 Å². The summed E-state index contributed by atoms with van der Waals surface area (Å²) in [5.41, 5.74) is 1.55. The minimum absolute atomic E-state index is 0.00684. The minimum atomic E-state index is -1.60. The first kappa shape index (κ1) is 35.4. The number of carboxylic acid groups (broad SMARTS) is 2. The fourth-order valence-corrected chi connectivity index (χ4v) is 6.99. The quantitative estimate of drug-likeness (QED) is 0.118. The first-order chi connectivity index (χ1) is 21.6. The number of phenolic OH excluding ortho intramolecular Hbond substituents is 2. The minimum Gasteiger partial charge on any atom is -0.508 e. The van der Waals surface area contributed by atoms with Crippen molar-refractivity contribution in [1.29, 1.82) is 0 Å². The Labute approximate surface area is 292 Å². The summed E-state index contributed by atoms with van der Waals surface area (Å²) in [6, 6.07) is 15.1. The van der Waals surface area contributed by atoms with Crippen molar-refractivity contribution < 1.29 is 39.5 Å². The number of rotatable bonds is 11. The van der Waals surface area contributed by atoms with Gasteiger partial charge < -0.3 is 29.9 Å². The summed E-state index contributed by atoms with van der Waals surface area (Å²) in [4.78, 5) is 25.4. The lowest BCUT2D eigenvalue weighted by atomic mass is 9.81. The van der Waals surface area contributed by atoms with Gasteiger partial charge in [-0.25, -0.2) is 0 Å². The maximum Gasteiger partial charge on any atom is 0.312 e. The third-order valence-electron chi connectivity index (χ3n) is 7.31. The van der Waals surface area contributed by atoms with Gasteiger partial charge in [-0.2, -0.15) is 0 Å². The van der Waals surface area contributed by atoms with Gasteiger partial charge >= 0.3 is 11.9 Å². The highest BCUT2D eigenvalue weighted by atomic mass is 79.9. The number of carboxylic acids is 2. The van der Waals surface area contributed by atoms with Gasteiger partial charge in [-0.05, 0) is 115 Å². The van der Waals surface area contributed by atoms with Crippen LogP contribution in [-0.4, -0.2) is 32.4 Å². The number of hydrogen-bond donors (Lipinski definition) is 4. The normalized spacial score (nSPS) is 12.7. The molecule has 0 aliphatic carbocycles. The zero-order valence-electron chi connectivity index (χ0n) is 25.0. The van der Waals surface area contributed by atoms with Crippen LogP contribution in [0.2, 0.25) is 10.0 Å². The predicted molar refractivity (Wildman–Crippen MR) is 184 cm³/mol. The van der Waals surface area contributed by atoms with Gasteiger partial charge in [0.05, 0.1) is 30.8 Å². The molecule has 0 saturated heterocycles. The molecule has 4 aromatic rings. The Morgan fingerprint density at radius 1 is 0.630 bits per heavy atom. The highest BCUT2D eigenvalue weighted by Gasteiger charge is 2.38. The molecule has 8 nitrogen and oxygen atoms in total. The fraction of sp³-hybridized carbons (Fsp3) is 0.235. The number of ether oxygens (including phenoxy) is 2. The second-order valence-corrected chi connectivity index (χ2v) is 13.7. The molecule has 242 valence electrons. The van der Waals surface area contributed by atoms with E-state index in [4.69, 9.17) is 32.7 Å². The van der Waals surface area contributed by atoms with Crippen LogP contribution in [0.15, 0.2) is 69.6 Å². The van der Waals surface area contributed by atoms with E-state index in [1.807, 2.05) is 27.7 Å². The molecule has 2 atom stereocenters. The molecular formula is C34H30Br2Cl2O8. The monoisotopic (exact) mass is 794 g/mol. The molecule has 0 aliphatic heterocycles. The second kappa shape index (κ2) is 14.5. The average Bonchev–Trinajstić information content (AvgIpc) is 2.96. The standard InChI is InChI=1S/C34H30Br2Cl2O8/c1-15(2)21-13-19(5-7-27(21)39)45-31-23(35)9-17(10-24(31)36)29(33(41)42)30(34(43)44)18-11-25(37)32(26(38)12-18)46-20-6-8-28(40)22(14-20)16(3)4/h5-16,29-30,39-40H,1-4H3,(H,41,42)(H,43,44). The lowest BCUT2D eigenvalue weighted by Crippen LogP contribution is -2.26. The van der Waals surface area contributed by atoms with Gasteiger partial charge in [0.1, 0.15) is 23.0 Å². The van der Waals surface area contributed by atoms with Gasteiger partial charge in [-0.3, -0.25) is 9.59 Å². The number of aliphatic carboxylic acids is 2. The van der Waals surface area contributed by atoms with Gasteiger partial charge in [0.15, 0.2) is 11.5 Å². The smallest absolute Gasteiger partial charge is 0.312 e. The zero-order chi connectivity index (χ0) is 34.0. The molecule has 4 rings (SSSR count). The number of halogens is 4. The summed E-state index contributed by atoms with van der Waals surface area (Å²) in [7, 11) is 0. The van der Waals surface area contributed by atoms with Crippen LogP contribution in [0.4, 0.5) is 0 Å². The molecular weight excluding hydrogens is 767 g/mol. The van der Waals surface area contributed by atoms with Crippen LogP contribution < -0.4 is 9.47 Å². The van der Waals surface area contributed by atoms with E-state index in [-0.39, 0.29) is 50.3 Å². The Kier molecular flexibility index (Phi) is 11.2. The van der Waals surface area contributed by atoms with Crippen molar-refractivity contribution in [3.63, 3.8) is 0 Å². The molecule has 0 bridgehead atoms. The van der Waals surface area contributed by atoms with Gasteiger partial charge in [0.2, 0.25) is 0 Å². The largest absolute Gasteiger partial charge is 0.508 e. The van der Waals surface area contributed by atoms with Crippen molar-refractivity contribution in [2.24, 2.45) is 0 Å². The topological polar surface area (TPSA) is 134 Å². The first-order valence-electron chi connectivity index (χ1n) is 14.0. The third kappa shape index (κ3) is 7.74. The molecule has 4 N–H and O–H groups in total. The number of aromatic hydroxyl groups is 2. The summed E-state index contributed by atoms with van der Waals surface area (Å²) >= 11 is 20.0. The molecule has 0 amide bonds. The Balaban J connectivity index is 1.71. The van der Waals surface area contributed by atoms with Crippen LogP contribution in [0.1, 0.15) is 73.6 Å². The van der Waals surface area contributed by atoms with Gasteiger partial charge in [0.25, 0.3) is 0 Å². The van der Waals surface area contributed by atoms with E-state index in [0.29, 0.717) is 37.3 Å². The lowest BCUT2D eigenvalue weighted by Gasteiger charge is -2.24. The summed E-state index contributed by atoms with van der Waals surface area (Å²) < 4.78 is 12.7. The highest BCUT2D eigenvalue weighted by Crippen LogP contribution is 2.46. The van der Waals surface area contributed by atoms with Crippen molar-refractivity contribution in [2.75, 3.05) is 0 Å². The molecule has 0 radical (unpaired) electrons. The maximum absolute atomic E-state index is 12.7. The number of hydrogen-bond acceptors (Lipinski definition) is 6. The Morgan fingerprint density at radius 2 is 1.00 bits per heavy atom. The maximum atomic E-state index is 12.7. The van der Waals surface area contributed by atoms with E-state index in [1.54, 1.807) is 18.2 Å². The molecule has 2 unspecified atom stereocenters. The molecule has 12 heteroatoms. The molecule has 0 aliphatic rings. The molecule has 4 aromatic carbocycles. The van der Waals surface area contributed by atoms with Crippen molar-refractivity contribution >= 4 is 67.0 Å². The molecule has 0 spiro atoms. The van der Waals surface area contributed by atoms with E-state index < -0.39 is 23.8 Å². The van der Waals surface area contributed by atoms with E-state index in [1.165, 1.54) is 42.5 Å². The second-order valence-electron chi connectivity index (χ2n) is 11.2. The fourth-order valence-electron chi connectivity index (χ4n) is 5.02. The SMILES string of the molecule is CC(C)c1cc(Oc2c(Cl)cc(C(C(=O)O)C(C(=O)O)c3cc(Br)c(Oc4ccc(O)c(C(C)C)c4)c(Br)c3)cc2Cl)ccc1O. The molecule has 0 saturated carbocycles. The van der Waals surface area contributed by atoms with Crippen LogP contribution in [0.3, 0.4) is 0 Å².